The highest BCUT2D eigenvalue weighted by atomic mass is 35.5. The Bertz CT molecular complexity index is 416. The molecule has 0 saturated carbocycles. The molecule has 106 valence electrons. The number of rotatable bonds is 3. The lowest BCUT2D eigenvalue weighted by molar-refractivity contribution is 0.300. The summed E-state index contributed by atoms with van der Waals surface area (Å²) in [5.41, 5.74) is 0.220. The van der Waals surface area contributed by atoms with Gasteiger partial charge in [0.1, 0.15) is 5.82 Å². The maximum atomic E-state index is 13.7. The molecule has 0 amide bonds. The van der Waals surface area contributed by atoms with E-state index in [-0.39, 0.29) is 16.8 Å². The Morgan fingerprint density at radius 2 is 2.11 bits per heavy atom. The molecule has 2 rings (SSSR count). The second kappa shape index (κ2) is 6.53. The fraction of sp³-hybridized carbons (Fsp3) is 0.571. The van der Waals surface area contributed by atoms with Gasteiger partial charge in [-0.1, -0.05) is 18.5 Å². The number of halogens is 3. The highest BCUT2D eigenvalue weighted by molar-refractivity contribution is 6.33. The highest BCUT2D eigenvalue weighted by Gasteiger charge is 2.18. The minimum atomic E-state index is -0.647. The number of nitrogens with zero attached hydrogens (tertiary/aromatic N) is 1. The SMILES string of the molecule is CCN1CCCC(Nc2c(F)cc(F)cc2Cl)CC1. The Morgan fingerprint density at radius 3 is 2.79 bits per heavy atom. The molecule has 1 aliphatic heterocycles. The maximum Gasteiger partial charge on any atom is 0.150 e. The first-order chi connectivity index (χ1) is 9.10. The molecule has 1 fully saturated rings. The first kappa shape index (κ1) is 14.5. The van der Waals surface area contributed by atoms with Gasteiger partial charge in [-0.25, -0.2) is 8.78 Å². The fourth-order valence-electron chi connectivity index (χ4n) is 2.50. The number of hydrogen-bond donors (Lipinski definition) is 1. The topological polar surface area (TPSA) is 15.3 Å². The largest absolute Gasteiger partial charge is 0.379 e. The molecule has 1 saturated heterocycles. The molecule has 0 aromatic heterocycles. The summed E-state index contributed by atoms with van der Waals surface area (Å²) < 4.78 is 26.7. The van der Waals surface area contributed by atoms with E-state index in [0.29, 0.717) is 0 Å². The van der Waals surface area contributed by atoms with Crippen LogP contribution in [0.1, 0.15) is 26.2 Å². The summed E-state index contributed by atoms with van der Waals surface area (Å²) >= 11 is 5.90. The van der Waals surface area contributed by atoms with Crippen molar-refractivity contribution in [2.45, 2.75) is 32.2 Å². The van der Waals surface area contributed by atoms with E-state index in [1.54, 1.807) is 0 Å². The summed E-state index contributed by atoms with van der Waals surface area (Å²) in [5, 5.41) is 3.23. The average Bonchev–Trinajstić information content (AvgIpc) is 2.58. The van der Waals surface area contributed by atoms with E-state index >= 15 is 0 Å². The third-order valence-electron chi connectivity index (χ3n) is 3.62. The van der Waals surface area contributed by atoms with Gasteiger partial charge in [0, 0.05) is 18.7 Å². The lowest BCUT2D eigenvalue weighted by Gasteiger charge is -2.20. The molecule has 1 N–H and O–H groups in total. The highest BCUT2D eigenvalue weighted by Crippen LogP contribution is 2.28. The zero-order chi connectivity index (χ0) is 13.8. The van der Waals surface area contributed by atoms with Crippen LogP contribution in [0, 0.1) is 11.6 Å². The predicted octanol–water partition coefficient (Wildman–Crippen LogP) is 3.90. The molecule has 1 aromatic rings. The van der Waals surface area contributed by atoms with Gasteiger partial charge >= 0.3 is 0 Å². The van der Waals surface area contributed by atoms with E-state index in [1.165, 1.54) is 0 Å². The second-order valence-electron chi connectivity index (χ2n) is 4.95. The van der Waals surface area contributed by atoms with Crippen LogP contribution in [-0.4, -0.2) is 30.6 Å². The fourth-order valence-corrected chi connectivity index (χ4v) is 2.75. The molecular weight excluding hydrogens is 270 g/mol. The Kier molecular flexibility index (Phi) is 4.99. The molecule has 1 aromatic carbocycles. The Balaban J connectivity index is 2.05. The zero-order valence-electron chi connectivity index (χ0n) is 11.1. The number of nitrogens with one attached hydrogen (secondary N) is 1. The first-order valence-electron chi connectivity index (χ1n) is 6.73. The molecule has 1 atom stereocenters. The van der Waals surface area contributed by atoms with Crippen LogP contribution in [0.25, 0.3) is 0 Å². The van der Waals surface area contributed by atoms with Crippen LogP contribution in [0.5, 0.6) is 0 Å². The smallest absolute Gasteiger partial charge is 0.150 e. The Hall–Kier alpha value is -0.870. The van der Waals surface area contributed by atoms with Crippen LogP contribution >= 0.6 is 11.6 Å². The molecule has 19 heavy (non-hydrogen) atoms. The van der Waals surface area contributed by atoms with Crippen LogP contribution in [0.15, 0.2) is 12.1 Å². The van der Waals surface area contributed by atoms with E-state index in [2.05, 4.69) is 17.1 Å². The molecular formula is C14H19ClF2N2. The summed E-state index contributed by atoms with van der Waals surface area (Å²) in [6.07, 6.45) is 3.00. The van der Waals surface area contributed by atoms with Gasteiger partial charge in [0.25, 0.3) is 0 Å². The van der Waals surface area contributed by atoms with Crippen molar-refractivity contribution < 1.29 is 8.78 Å². The number of anilines is 1. The standard InChI is InChI=1S/C14H19ClF2N2/c1-2-19-6-3-4-11(5-7-19)18-14-12(15)8-10(16)9-13(14)17/h8-9,11,18H,2-7H2,1H3. The molecule has 0 bridgehead atoms. The van der Waals surface area contributed by atoms with Crippen molar-refractivity contribution in [1.29, 1.82) is 0 Å². The summed E-state index contributed by atoms with van der Waals surface area (Å²) in [5.74, 6) is -1.27. The van der Waals surface area contributed by atoms with Gasteiger partial charge in [0.05, 0.1) is 10.7 Å². The molecule has 0 radical (unpaired) electrons. The average molecular weight is 289 g/mol. The van der Waals surface area contributed by atoms with Gasteiger partial charge < -0.3 is 10.2 Å². The Morgan fingerprint density at radius 1 is 1.32 bits per heavy atom. The first-order valence-corrected chi connectivity index (χ1v) is 7.11. The van der Waals surface area contributed by atoms with Crippen molar-refractivity contribution in [2.75, 3.05) is 25.0 Å². The van der Waals surface area contributed by atoms with E-state index in [4.69, 9.17) is 11.6 Å². The van der Waals surface area contributed by atoms with E-state index in [0.717, 1.165) is 51.0 Å². The van der Waals surface area contributed by atoms with Crippen molar-refractivity contribution in [3.63, 3.8) is 0 Å². The molecule has 5 heteroatoms. The van der Waals surface area contributed by atoms with Gasteiger partial charge in [-0.05, 0) is 38.4 Å². The van der Waals surface area contributed by atoms with Crippen molar-refractivity contribution in [3.8, 4) is 0 Å². The van der Waals surface area contributed by atoms with Crippen molar-refractivity contribution in [1.82, 2.24) is 4.90 Å². The lowest BCUT2D eigenvalue weighted by atomic mass is 10.1. The third-order valence-corrected chi connectivity index (χ3v) is 3.92. The number of likely N-dealkylation sites (tertiary alicyclic amines) is 1. The molecule has 0 aliphatic carbocycles. The van der Waals surface area contributed by atoms with Crippen LogP contribution in [0.4, 0.5) is 14.5 Å². The molecule has 1 unspecified atom stereocenters. The maximum absolute atomic E-state index is 13.7. The van der Waals surface area contributed by atoms with Crippen molar-refractivity contribution in [2.24, 2.45) is 0 Å². The van der Waals surface area contributed by atoms with Crippen LogP contribution in [0.3, 0.4) is 0 Å². The summed E-state index contributed by atoms with van der Waals surface area (Å²) in [7, 11) is 0. The molecule has 1 heterocycles. The molecule has 1 aliphatic rings. The monoisotopic (exact) mass is 288 g/mol. The number of benzene rings is 1. The van der Waals surface area contributed by atoms with E-state index < -0.39 is 11.6 Å². The van der Waals surface area contributed by atoms with Gasteiger partial charge in [-0.3, -0.25) is 0 Å². The summed E-state index contributed by atoms with van der Waals surface area (Å²) in [6, 6.07) is 2.19. The summed E-state index contributed by atoms with van der Waals surface area (Å²) in [6.45, 7) is 5.26. The summed E-state index contributed by atoms with van der Waals surface area (Å²) in [4.78, 5) is 2.38. The zero-order valence-corrected chi connectivity index (χ0v) is 11.8. The van der Waals surface area contributed by atoms with Crippen LogP contribution < -0.4 is 5.32 Å². The Labute approximate surface area is 117 Å². The van der Waals surface area contributed by atoms with Gasteiger partial charge in [-0.2, -0.15) is 0 Å². The van der Waals surface area contributed by atoms with Gasteiger partial charge in [-0.15, -0.1) is 0 Å². The minimum absolute atomic E-state index is 0.106. The molecule has 2 nitrogen and oxygen atoms in total. The second-order valence-corrected chi connectivity index (χ2v) is 5.36. The van der Waals surface area contributed by atoms with Crippen LogP contribution in [0.2, 0.25) is 5.02 Å². The molecule has 0 spiro atoms. The minimum Gasteiger partial charge on any atom is -0.379 e. The van der Waals surface area contributed by atoms with Crippen molar-refractivity contribution in [3.05, 3.63) is 28.8 Å². The van der Waals surface area contributed by atoms with E-state index in [1.807, 2.05) is 0 Å². The van der Waals surface area contributed by atoms with Crippen LogP contribution in [-0.2, 0) is 0 Å². The van der Waals surface area contributed by atoms with Gasteiger partial charge in [0.15, 0.2) is 5.82 Å². The van der Waals surface area contributed by atoms with E-state index in [9.17, 15) is 8.78 Å². The van der Waals surface area contributed by atoms with Gasteiger partial charge in [0.2, 0.25) is 0 Å². The third kappa shape index (κ3) is 3.80. The normalized spacial score (nSPS) is 21.2. The predicted molar refractivity (Wildman–Crippen MR) is 74.7 cm³/mol. The lowest BCUT2D eigenvalue weighted by Crippen LogP contribution is -2.26. The quantitative estimate of drug-likeness (QED) is 0.907. The van der Waals surface area contributed by atoms with Crippen molar-refractivity contribution >= 4 is 17.3 Å². The number of hydrogen-bond acceptors (Lipinski definition) is 2.